The molecule has 1 unspecified atom stereocenters. The lowest BCUT2D eigenvalue weighted by atomic mass is 9.71. The summed E-state index contributed by atoms with van der Waals surface area (Å²) in [7, 11) is 1.40. The lowest BCUT2D eigenvalue weighted by molar-refractivity contribution is -0.941. The number of alkyl halides is 1. The number of hydrogen-bond donors (Lipinski definition) is 1. The minimum Gasteiger partial charge on any atom is -0.501 e. The third-order valence-corrected chi connectivity index (χ3v) is 4.56. The fraction of sp³-hybridized carbons (Fsp3) is 0.818. The smallest absolute Gasteiger partial charge is 0.298 e. The van der Waals surface area contributed by atoms with Crippen molar-refractivity contribution in [3.63, 3.8) is 0 Å². The number of piperidine rings is 1. The van der Waals surface area contributed by atoms with Gasteiger partial charge < -0.3 is 9.64 Å². The minimum atomic E-state index is -1.40. The number of halogens is 1. The van der Waals surface area contributed by atoms with E-state index in [-0.39, 0.29) is 24.3 Å². The summed E-state index contributed by atoms with van der Waals surface area (Å²) >= 11 is 3.30. The molecule has 1 aliphatic heterocycles. The highest BCUT2D eigenvalue weighted by molar-refractivity contribution is 9.09. The van der Waals surface area contributed by atoms with Gasteiger partial charge in [0, 0.05) is 15.9 Å². The normalized spacial score (nSPS) is 36.1. The molecule has 0 saturated carbocycles. The van der Waals surface area contributed by atoms with Crippen molar-refractivity contribution in [2.75, 3.05) is 32.1 Å². The van der Waals surface area contributed by atoms with E-state index in [1.807, 2.05) is 0 Å². The molecule has 2 aliphatic rings. The molecule has 1 saturated heterocycles. The first kappa shape index (κ1) is 15.2. The van der Waals surface area contributed by atoms with Gasteiger partial charge >= 0.3 is 0 Å². The van der Waals surface area contributed by atoms with Crippen molar-refractivity contribution in [2.45, 2.75) is 23.9 Å². The first-order chi connectivity index (χ1) is 9.37. The van der Waals surface area contributed by atoms with Gasteiger partial charge in [-0.05, 0) is 0 Å². The van der Waals surface area contributed by atoms with Crippen molar-refractivity contribution in [1.82, 2.24) is 0 Å². The summed E-state index contributed by atoms with van der Waals surface area (Å²) in [5.74, 6) is 0.350. The first-order valence-corrected chi connectivity index (χ1v) is 7.44. The summed E-state index contributed by atoms with van der Waals surface area (Å²) in [6.45, 7) is 1.18. The second kappa shape index (κ2) is 5.28. The summed E-state index contributed by atoms with van der Waals surface area (Å²) in [5.41, 5.74) is -2.70. The molecule has 0 radical (unpaired) electrons. The van der Waals surface area contributed by atoms with E-state index in [0.29, 0.717) is 24.2 Å². The quantitative estimate of drug-likeness (QED) is 0.414. The lowest BCUT2D eigenvalue weighted by Crippen LogP contribution is -3.18. The molecule has 3 atom stereocenters. The average molecular weight is 351 g/mol. The Morgan fingerprint density at radius 2 is 2.10 bits per heavy atom. The van der Waals surface area contributed by atoms with Crippen LogP contribution in [-0.2, 0) is 4.74 Å². The predicted octanol–water partition coefficient (Wildman–Crippen LogP) is -0.365. The lowest BCUT2D eigenvalue weighted by Gasteiger charge is -2.42. The highest BCUT2D eigenvalue weighted by atomic mass is 79.9. The molecule has 2 rings (SSSR count). The van der Waals surface area contributed by atoms with Gasteiger partial charge in [0.05, 0.1) is 25.4 Å². The zero-order valence-electron chi connectivity index (χ0n) is 11.1. The Labute approximate surface area is 124 Å². The fourth-order valence-electron chi connectivity index (χ4n) is 3.37. The van der Waals surface area contributed by atoms with Crippen molar-refractivity contribution < 1.29 is 19.5 Å². The average Bonchev–Trinajstić information content (AvgIpc) is 2.37. The van der Waals surface area contributed by atoms with Gasteiger partial charge in [0.15, 0.2) is 6.54 Å². The number of hydrogen-bond acceptors (Lipinski definition) is 5. The van der Waals surface area contributed by atoms with Crippen molar-refractivity contribution in [3.05, 3.63) is 32.1 Å². The van der Waals surface area contributed by atoms with E-state index in [2.05, 4.69) is 15.9 Å². The summed E-state index contributed by atoms with van der Waals surface area (Å²) in [4.78, 5) is 23.2. The maximum Gasteiger partial charge on any atom is 0.298 e. The molecule has 112 valence electrons. The molecule has 0 amide bonds. The molecular formula is C11H17BrN3O5+. The van der Waals surface area contributed by atoms with Gasteiger partial charge in [-0.3, -0.25) is 20.2 Å². The highest BCUT2D eigenvalue weighted by Crippen LogP contribution is 2.39. The van der Waals surface area contributed by atoms with Crippen LogP contribution in [0.5, 0.6) is 0 Å². The molecule has 8 nitrogen and oxygen atoms in total. The Hall–Kier alpha value is -1.22. The number of fused-ring (bicyclic) bond motifs is 2. The number of ether oxygens (including phenoxy) is 1. The zero-order valence-corrected chi connectivity index (χ0v) is 12.7. The van der Waals surface area contributed by atoms with Gasteiger partial charge in [0.1, 0.15) is 18.7 Å². The molecule has 20 heavy (non-hydrogen) atoms. The Morgan fingerprint density at radius 3 is 2.60 bits per heavy atom. The maximum absolute atomic E-state index is 11.5. The summed E-state index contributed by atoms with van der Waals surface area (Å²) in [6.07, 6.45) is 1.54. The van der Waals surface area contributed by atoms with Crippen LogP contribution in [0, 0.1) is 20.2 Å². The second-order valence-electron chi connectivity index (χ2n) is 5.55. The number of nitrogens with zero attached hydrogens (tertiary/aromatic N) is 2. The molecule has 0 spiro atoms. The van der Waals surface area contributed by atoms with Crippen LogP contribution in [0.4, 0.5) is 0 Å². The highest BCUT2D eigenvalue weighted by Gasteiger charge is 2.67. The molecular weight excluding hydrogens is 334 g/mol. The molecule has 0 aromatic heterocycles. The van der Waals surface area contributed by atoms with E-state index in [1.165, 1.54) is 13.2 Å². The van der Waals surface area contributed by atoms with Crippen LogP contribution < -0.4 is 4.90 Å². The molecule has 9 heteroatoms. The topological polar surface area (TPSA) is 100.0 Å². The summed E-state index contributed by atoms with van der Waals surface area (Å²) in [5, 5.41) is 23.7. The molecule has 2 bridgehead atoms. The predicted molar refractivity (Wildman–Crippen MR) is 73.1 cm³/mol. The van der Waals surface area contributed by atoms with Gasteiger partial charge in [-0.25, -0.2) is 0 Å². The Bertz CT molecular complexity index is 471. The fourth-order valence-corrected chi connectivity index (χ4v) is 3.94. The van der Waals surface area contributed by atoms with Crippen LogP contribution >= 0.6 is 15.9 Å². The van der Waals surface area contributed by atoms with Gasteiger partial charge in [0.25, 0.3) is 11.1 Å². The Balaban J connectivity index is 2.47. The summed E-state index contributed by atoms with van der Waals surface area (Å²) in [6, 6.07) is 0. The number of likely N-dealkylation sites (tertiary alicyclic amines) is 1. The minimum absolute atomic E-state index is 0.0569. The van der Waals surface area contributed by atoms with Crippen molar-refractivity contribution in [1.29, 1.82) is 0 Å². The SMILES string of the molecule is COC1=C[C@@]2([N+](=O)[O-])C[NH+](CCBr)C[C@@]([N+](=O)[O-])(C1)C2. The molecule has 1 heterocycles. The molecule has 0 aromatic carbocycles. The van der Waals surface area contributed by atoms with Gasteiger partial charge in [-0.15, -0.1) is 0 Å². The number of quaternary nitrogens is 1. The van der Waals surface area contributed by atoms with E-state index in [0.717, 1.165) is 4.90 Å². The monoisotopic (exact) mass is 350 g/mol. The van der Waals surface area contributed by atoms with E-state index >= 15 is 0 Å². The van der Waals surface area contributed by atoms with E-state index in [1.54, 1.807) is 0 Å². The third-order valence-electron chi connectivity index (χ3n) is 4.16. The van der Waals surface area contributed by atoms with E-state index in [4.69, 9.17) is 4.74 Å². The van der Waals surface area contributed by atoms with Crippen LogP contribution in [-0.4, -0.2) is 53.0 Å². The number of nitrogens with one attached hydrogen (secondary N) is 1. The van der Waals surface area contributed by atoms with Crippen LogP contribution in [0.3, 0.4) is 0 Å². The second-order valence-corrected chi connectivity index (χ2v) is 6.35. The number of rotatable bonds is 5. The third kappa shape index (κ3) is 2.39. The van der Waals surface area contributed by atoms with Gasteiger partial charge in [-0.2, -0.15) is 0 Å². The van der Waals surface area contributed by atoms with Gasteiger partial charge in [-0.1, -0.05) is 15.9 Å². The zero-order chi connectivity index (χ0) is 15.0. The van der Waals surface area contributed by atoms with Crippen molar-refractivity contribution >= 4 is 15.9 Å². The Morgan fingerprint density at radius 1 is 1.40 bits per heavy atom. The maximum atomic E-state index is 11.5. The van der Waals surface area contributed by atoms with Crippen molar-refractivity contribution in [3.8, 4) is 0 Å². The largest absolute Gasteiger partial charge is 0.501 e. The van der Waals surface area contributed by atoms with Crippen LogP contribution in [0.25, 0.3) is 0 Å². The molecule has 1 N–H and O–H groups in total. The number of methoxy groups -OCH3 is 1. The van der Waals surface area contributed by atoms with Crippen LogP contribution in [0.15, 0.2) is 11.8 Å². The summed E-state index contributed by atoms with van der Waals surface area (Å²) < 4.78 is 5.11. The first-order valence-electron chi connectivity index (χ1n) is 6.32. The molecule has 1 fully saturated rings. The van der Waals surface area contributed by atoms with Crippen molar-refractivity contribution in [2.24, 2.45) is 0 Å². The van der Waals surface area contributed by atoms with E-state index < -0.39 is 16.0 Å². The van der Waals surface area contributed by atoms with E-state index in [9.17, 15) is 20.2 Å². The Kier molecular flexibility index (Phi) is 4.01. The van der Waals surface area contributed by atoms with Crippen LogP contribution in [0.1, 0.15) is 12.8 Å². The van der Waals surface area contributed by atoms with Gasteiger partial charge in [0.2, 0.25) is 0 Å². The molecule has 1 aliphatic carbocycles. The standard InChI is InChI=1S/C11H16BrN3O5/c1-20-9-4-10(14(16)17)6-11(5-9,15(18)19)8-13(7-10)3-2-12/h4H,2-3,5-8H2,1H3/p+1/t10-,11+/m0/s1. The number of nitro groups is 2. The molecule has 0 aromatic rings. The van der Waals surface area contributed by atoms with Crippen LogP contribution in [0.2, 0.25) is 0 Å².